The zero-order valence-electron chi connectivity index (χ0n) is 21.2. The number of hydrogen-bond donors (Lipinski definition) is 2. The Labute approximate surface area is 221 Å². The van der Waals surface area contributed by atoms with Crippen LogP contribution >= 0.6 is 0 Å². The zero-order valence-corrected chi connectivity index (χ0v) is 21.2. The van der Waals surface area contributed by atoms with Crippen LogP contribution in [0.3, 0.4) is 0 Å². The van der Waals surface area contributed by atoms with E-state index in [2.05, 4.69) is 9.97 Å². The molecule has 1 amide bonds. The first kappa shape index (κ1) is 24.1. The number of aromatic nitrogens is 4. The van der Waals surface area contributed by atoms with Crippen LogP contribution in [0, 0.1) is 0 Å². The predicted molar refractivity (Wildman–Crippen MR) is 134 cm³/mol. The first-order valence-corrected chi connectivity index (χ1v) is 12.7. The normalized spacial score (nSPS) is 27.4. The molecule has 2 bridgehead atoms. The Morgan fingerprint density at radius 1 is 1.13 bits per heavy atom. The van der Waals surface area contributed by atoms with Crippen LogP contribution in [-0.4, -0.2) is 59.9 Å². The Morgan fingerprint density at radius 3 is 2.62 bits per heavy atom. The van der Waals surface area contributed by atoms with E-state index < -0.39 is 17.8 Å². The molecule has 3 aromatic heterocycles. The number of carbonyl (C=O) groups is 1. The van der Waals surface area contributed by atoms with Crippen molar-refractivity contribution in [2.24, 2.45) is 0 Å². The Bertz CT molecular complexity index is 1640. The number of halogens is 2. The molecule has 7 rings (SSSR count). The number of fused-ring (bicyclic) bond motifs is 9. The summed E-state index contributed by atoms with van der Waals surface area (Å²) in [5.74, 6) is -0.635. The predicted octanol–water partition coefficient (Wildman–Crippen LogP) is 3.79. The van der Waals surface area contributed by atoms with Crippen LogP contribution < -0.4 is 4.74 Å². The highest BCUT2D eigenvalue weighted by molar-refractivity contribution is 5.98. The van der Waals surface area contributed by atoms with E-state index in [1.807, 2.05) is 12.1 Å². The summed E-state index contributed by atoms with van der Waals surface area (Å²) in [7, 11) is 1.71. The van der Waals surface area contributed by atoms with E-state index in [0.29, 0.717) is 28.9 Å². The smallest absolute Gasteiger partial charge is 0.387 e. The minimum atomic E-state index is -3.02. The summed E-state index contributed by atoms with van der Waals surface area (Å²) < 4.78 is 33.3. The van der Waals surface area contributed by atoms with Crippen molar-refractivity contribution in [3.8, 4) is 17.0 Å². The fourth-order valence-electron chi connectivity index (χ4n) is 6.63. The highest BCUT2D eigenvalue weighted by Gasteiger charge is 2.52. The number of alkyl halides is 2. The monoisotopic (exact) mass is 533 g/mol. The lowest BCUT2D eigenvalue weighted by atomic mass is 9.67. The molecular weight excluding hydrogens is 508 g/mol. The van der Waals surface area contributed by atoms with Gasteiger partial charge in [-0.25, -0.2) is 4.52 Å². The summed E-state index contributed by atoms with van der Waals surface area (Å²) >= 11 is 0. The summed E-state index contributed by atoms with van der Waals surface area (Å²) in [6, 6.07) is 8.14. The number of hydrogen-bond acceptors (Lipinski definition) is 7. The third-order valence-electron chi connectivity index (χ3n) is 8.24. The van der Waals surface area contributed by atoms with Crippen LogP contribution in [0.2, 0.25) is 0 Å². The molecule has 1 aliphatic heterocycles. The second-order valence-corrected chi connectivity index (χ2v) is 11.0. The quantitative estimate of drug-likeness (QED) is 0.411. The molecule has 0 saturated heterocycles. The molecule has 2 aliphatic carbocycles. The molecule has 1 fully saturated rings. The van der Waals surface area contributed by atoms with Gasteiger partial charge in [-0.2, -0.15) is 13.9 Å². The fraction of sp³-hybridized carbons (Fsp3) is 0.357. The van der Waals surface area contributed by atoms with Gasteiger partial charge in [0.05, 0.1) is 46.6 Å². The maximum Gasteiger partial charge on any atom is 0.387 e. The summed E-state index contributed by atoms with van der Waals surface area (Å²) in [6.07, 6.45) is 5.81. The van der Waals surface area contributed by atoms with Crippen LogP contribution in [0.25, 0.3) is 16.8 Å². The largest absolute Gasteiger partial charge is 0.434 e. The third-order valence-corrected chi connectivity index (χ3v) is 8.24. The summed E-state index contributed by atoms with van der Waals surface area (Å²) in [5.41, 5.74) is 2.79. The molecule has 9 nitrogen and oxygen atoms in total. The number of pyridine rings is 1. The van der Waals surface area contributed by atoms with Gasteiger partial charge < -0.3 is 19.8 Å². The Morgan fingerprint density at radius 2 is 1.92 bits per heavy atom. The molecule has 11 heteroatoms. The van der Waals surface area contributed by atoms with Crippen LogP contribution in [0.15, 0.2) is 48.9 Å². The molecule has 4 aromatic rings. The van der Waals surface area contributed by atoms with Gasteiger partial charge in [-0.3, -0.25) is 14.8 Å². The van der Waals surface area contributed by atoms with Crippen LogP contribution in [0.4, 0.5) is 8.78 Å². The first-order chi connectivity index (χ1) is 18.5. The summed E-state index contributed by atoms with van der Waals surface area (Å²) in [5, 5.41) is 25.6. The van der Waals surface area contributed by atoms with Gasteiger partial charge in [-0.1, -0.05) is 6.07 Å². The number of carbonyl (C=O) groups excluding carboxylic acids is 1. The van der Waals surface area contributed by atoms with Crippen molar-refractivity contribution in [2.75, 3.05) is 7.05 Å². The van der Waals surface area contributed by atoms with Gasteiger partial charge in [0.2, 0.25) is 0 Å². The van der Waals surface area contributed by atoms with Crippen molar-refractivity contribution in [3.05, 3.63) is 77.0 Å². The maximum absolute atomic E-state index is 13.3. The molecule has 39 heavy (non-hydrogen) atoms. The molecule has 0 spiro atoms. The van der Waals surface area contributed by atoms with Gasteiger partial charge in [0, 0.05) is 54.3 Å². The molecule has 2 atom stereocenters. The molecule has 0 unspecified atom stereocenters. The highest BCUT2D eigenvalue weighted by Crippen LogP contribution is 2.53. The van der Waals surface area contributed by atoms with E-state index in [1.54, 1.807) is 47.9 Å². The van der Waals surface area contributed by atoms with Crippen molar-refractivity contribution in [3.63, 3.8) is 0 Å². The maximum atomic E-state index is 13.3. The van der Waals surface area contributed by atoms with Crippen molar-refractivity contribution in [1.82, 2.24) is 24.5 Å². The van der Waals surface area contributed by atoms with Gasteiger partial charge >= 0.3 is 6.61 Å². The lowest BCUT2D eigenvalue weighted by molar-refractivity contribution is -0.178. The SMILES string of the molecule is CN1C(=O)c2cccc(OC(F)F)c2[C@H]2C[C@@H]1c1nn3ccc(-c4cnc(C5(O)CC(C)(O)C5)cn4)cc3c12. The van der Waals surface area contributed by atoms with Crippen LogP contribution in [0.5, 0.6) is 5.75 Å². The highest BCUT2D eigenvalue weighted by atomic mass is 19.3. The zero-order chi connectivity index (χ0) is 27.3. The van der Waals surface area contributed by atoms with E-state index in [1.165, 1.54) is 12.3 Å². The summed E-state index contributed by atoms with van der Waals surface area (Å²) in [4.78, 5) is 23.9. The van der Waals surface area contributed by atoms with Gasteiger partial charge in [0.25, 0.3) is 5.91 Å². The third kappa shape index (κ3) is 3.56. The Kier molecular flexibility index (Phi) is 4.96. The number of ether oxygens (including phenoxy) is 1. The van der Waals surface area contributed by atoms with E-state index in [4.69, 9.17) is 9.84 Å². The molecule has 1 aromatic carbocycles. The van der Waals surface area contributed by atoms with Gasteiger partial charge in [0.15, 0.2) is 0 Å². The number of aliphatic hydroxyl groups is 2. The lowest BCUT2D eigenvalue weighted by Crippen LogP contribution is -2.53. The minimum absolute atomic E-state index is 0.00684. The van der Waals surface area contributed by atoms with E-state index in [0.717, 1.165) is 22.3 Å². The molecule has 0 radical (unpaired) electrons. The summed E-state index contributed by atoms with van der Waals surface area (Å²) in [6.45, 7) is -1.35. The topological polar surface area (TPSA) is 113 Å². The standard InChI is InChI=1S/C28H25F2N5O4/c1-27(37)12-28(38,13-27)21-11-31-17(10-32-21)14-6-7-35-18(8-14)23-16-9-19(24(23)33-35)34(2)25(36)15-4-3-5-20(22(15)16)39-26(29)30/h3-8,10-11,16,19,26,37-38H,9,12-13H2,1-2H3/t16-,19-,27?,28?/m1/s1. The van der Waals surface area contributed by atoms with Crippen molar-refractivity contribution in [2.45, 2.75) is 56.0 Å². The second-order valence-electron chi connectivity index (χ2n) is 11.0. The average molecular weight is 534 g/mol. The molecular formula is C28H25F2N5O4. The lowest BCUT2D eigenvalue weighted by Gasteiger charge is -2.47. The van der Waals surface area contributed by atoms with Gasteiger partial charge in [-0.05, 0) is 37.6 Å². The average Bonchev–Trinajstić information content (AvgIpc) is 3.40. The first-order valence-electron chi connectivity index (χ1n) is 12.7. The second kappa shape index (κ2) is 8.03. The number of amides is 1. The van der Waals surface area contributed by atoms with Gasteiger partial charge in [0.1, 0.15) is 11.4 Å². The molecule has 4 heterocycles. The van der Waals surface area contributed by atoms with E-state index in [9.17, 15) is 23.8 Å². The van der Waals surface area contributed by atoms with E-state index in [-0.39, 0.29) is 36.5 Å². The molecule has 2 N–H and O–H groups in total. The number of nitrogens with zero attached hydrogens (tertiary/aromatic N) is 5. The van der Waals surface area contributed by atoms with Gasteiger partial charge in [-0.15, -0.1) is 0 Å². The van der Waals surface area contributed by atoms with Crippen molar-refractivity contribution >= 4 is 11.4 Å². The van der Waals surface area contributed by atoms with Crippen molar-refractivity contribution < 1.29 is 28.5 Å². The molecule has 1 saturated carbocycles. The minimum Gasteiger partial charge on any atom is -0.434 e. The van der Waals surface area contributed by atoms with Crippen molar-refractivity contribution in [1.29, 1.82) is 0 Å². The Hall–Kier alpha value is -3.96. The Balaban J connectivity index is 1.33. The molecule has 3 aliphatic rings. The van der Waals surface area contributed by atoms with Crippen LogP contribution in [0.1, 0.15) is 71.0 Å². The number of rotatable bonds is 4. The fourth-order valence-corrected chi connectivity index (χ4v) is 6.63. The molecule has 200 valence electrons. The van der Waals surface area contributed by atoms with E-state index >= 15 is 0 Å². The van der Waals surface area contributed by atoms with Crippen LogP contribution in [-0.2, 0) is 5.60 Å². The number of benzene rings is 1.